The number of carboxylic acid groups (broad SMARTS) is 2. The Kier molecular flexibility index (Phi) is 8.50. The maximum Gasteiger partial charge on any atom is 0.307 e. The van der Waals surface area contributed by atoms with Crippen molar-refractivity contribution in [3.8, 4) is 0 Å². The van der Waals surface area contributed by atoms with Crippen LogP contribution in [0.15, 0.2) is 11.1 Å². The molecule has 0 aliphatic carbocycles. The van der Waals surface area contributed by atoms with Crippen molar-refractivity contribution in [1.82, 2.24) is 0 Å². The lowest BCUT2D eigenvalue weighted by molar-refractivity contribution is -0.137. The molecule has 0 heterocycles. The summed E-state index contributed by atoms with van der Waals surface area (Å²) in [6.07, 6.45) is 3.18. The molecule has 98 valence electrons. The molecular formula is C12H19ClO4. The van der Waals surface area contributed by atoms with Crippen LogP contribution < -0.4 is 0 Å². The number of unbranched alkanes of at least 4 members (excludes halogenated alkanes) is 2. The van der Waals surface area contributed by atoms with Gasteiger partial charge in [-0.05, 0) is 26.2 Å². The molecule has 0 aromatic carbocycles. The van der Waals surface area contributed by atoms with Crippen LogP contribution in [-0.4, -0.2) is 28.0 Å². The largest absolute Gasteiger partial charge is 0.481 e. The number of carbonyl (C=O) groups is 2. The predicted molar refractivity (Wildman–Crippen MR) is 66.4 cm³/mol. The minimum Gasteiger partial charge on any atom is -0.481 e. The van der Waals surface area contributed by atoms with Crippen molar-refractivity contribution in [2.75, 3.05) is 5.88 Å². The number of rotatable bonds is 9. The Morgan fingerprint density at radius 1 is 1.00 bits per heavy atom. The molecule has 5 heteroatoms. The van der Waals surface area contributed by atoms with E-state index >= 15 is 0 Å². The molecule has 2 N–H and O–H groups in total. The van der Waals surface area contributed by atoms with Crippen LogP contribution in [-0.2, 0) is 9.59 Å². The molecule has 0 spiro atoms. The molecule has 17 heavy (non-hydrogen) atoms. The molecule has 0 aromatic rings. The molecule has 0 radical (unpaired) electrons. The highest BCUT2D eigenvalue weighted by Gasteiger charge is 2.10. The fourth-order valence-electron chi connectivity index (χ4n) is 1.60. The Hall–Kier alpha value is -1.03. The zero-order valence-electron chi connectivity index (χ0n) is 10.0. The summed E-state index contributed by atoms with van der Waals surface area (Å²) in [4.78, 5) is 21.3. The summed E-state index contributed by atoms with van der Waals surface area (Å²) in [6, 6.07) is 0. The average molecular weight is 263 g/mol. The average Bonchev–Trinajstić information content (AvgIpc) is 2.21. The summed E-state index contributed by atoms with van der Waals surface area (Å²) < 4.78 is 0. The minimum atomic E-state index is -0.925. The van der Waals surface area contributed by atoms with Crippen molar-refractivity contribution >= 4 is 23.5 Å². The van der Waals surface area contributed by atoms with Crippen LogP contribution in [0.2, 0.25) is 0 Å². The third kappa shape index (κ3) is 8.74. The summed E-state index contributed by atoms with van der Waals surface area (Å²) in [7, 11) is 0. The Labute approximate surface area is 106 Å². The van der Waals surface area contributed by atoms with Gasteiger partial charge in [-0.2, -0.15) is 0 Å². The van der Waals surface area contributed by atoms with Gasteiger partial charge >= 0.3 is 11.9 Å². The molecule has 0 amide bonds. The quantitative estimate of drug-likeness (QED) is 0.380. The molecule has 0 rings (SSSR count). The van der Waals surface area contributed by atoms with Gasteiger partial charge in [-0.3, -0.25) is 9.59 Å². The molecule has 0 fully saturated rings. The first-order valence-corrected chi connectivity index (χ1v) is 6.18. The summed E-state index contributed by atoms with van der Waals surface area (Å²) in [5.74, 6) is -1.24. The van der Waals surface area contributed by atoms with Crippen molar-refractivity contribution < 1.29 is 19.8 Å². The zero-order valence-corrected chi connectivity index (χ0v) is 10.8. The van der Waals surface area contributed by atoms with Gasteiger partial charge in [-0.1, -0.05) is 17.6 Å². The van der Waals surface area contributed by atoms with Gasteiger partial charge in [0.25, 0.3) is 0 Å². The standard InChI is InChI=1S/C12H19ClO4/c1-9(7-11(14)15)10(8-12(16)17)5-3-2-4-6-13/h2-8H2,1H3,(H,14,15)(H,16,17)/b10-9-. The number of halogens is 1. The zero-order chi connectivity index (χ0) is 13.3. The first-order chi connectivity index (χ1) is 7.97. The van der Waals surface area contributed by atoms with Crippen molar-refractivity contribution in [3.63, 3.8) is 0 Å². The number of alkyl halides is 1. The van der Waals surface area contributed by atoms with E-state index in [1.54, 1.807) is 6.92 Å². The first-order valence-electron chi connectivity index (χ1n) is 5.64. The summed E-state index contributed by atoms with van der Waals surface area (Å²) in [5.41, 5.74) is 1.39. The normalized spacial score (nSPS) is 12.1. The van der Waals surface area contributed by atoms with E-state index < -0.39 is 11.9 Å². The Bertz CT molecular complexity index is 297. The fraction of sp³-hybridized carbons (Fsp3) is 0.667. The van der Waals surface area contributed by atoms with Gasteiger partial charge in [0, 0.05) is 5.88 Å². The van der Waals surface area contributed by atoms with E-state index in [-0.39, 0.29) is 12.8 Å². The van der Waals surface area contributed by atoms with Gasteiger partial charge in [-0.25, -0.2) is 0 Å². The molecule has 0 saturated heterocycles. The Morgan fingerprint density at radius 3 is 2.06 bits per heavy atom. The second-order valence-corrected chi connectivity index (χ2v) is 4.40. The van der Waals surface area contributed by atoms with Crippen molar-refractivity contribution in [2.45, 2.75) is 45.4 Å². The molecule has 0 atom stereocenters. The minimum absolute atomic E-state index is 0.0695. The number of hydrogen-bond donors (Lipinski definition) is 2. The third-order valence-electron chi connectivity index (χ3n) is 2.50. The van der Waals surface area contributed by atoms with E-state index in [0.29, 0.717) is 17.9 Å². The van der Waals surface area contributed by atoms with Gasteiger partial charge in [0.1, 0.15) is 0 Å². The first kappa shape index (κ1) is 16.0. The fourth-order valence-corrected chi connectivity index (χ4v) is 1.79. The van der Waals surface area contributed by atoms with Gasteiger partial charge < -0.3 is 10.2 Å². The van der Waals surface area contributed by atoms with Crippen molar-refractivity contribution in [3.05, 3.63) is 11.1 Å². The molecular weight excluding hydrogens is 244 g/mol. The highest BCUT2D eigenvalue weighted by Crippen LogP contribution is 2.19. The van der Waals surface area contributed by atoms with E-state index in [4.69, 9.17) is 21.8 Å². The number of carboxylic acids is 2. The molecule has 0 saturated carbocycles. The van der Waals surface area contributed by atoms with Crippen LogP contribution in [0.25, 0.3) is 0 Å². The highest BCUT2D eigenvalue weighted by atomic mass is 35.5. The van der Waals surface area contributed by atoms with E-state index in [1.165, 1.54) is 0 Å². The summed E-state index contributed by atoms with van der Waals surface area (Å²) in [5, 5.41) is 17.4. The molecule has 4 nitrogen and oxygen atoms in total. The third-order valence-corrected chi connectivity index (χ3v) is 2.76. The van der Waals surface area contributed by atoms with Gasteiger partial charge in [0.05, 0.1) is 12.8 Å². The van der Waals surface area contributed by atoms with Crippen LogP contribution >= 0.6 is 11.6 Å². The maximum atomic E-state index is 10.7. The predicted octanol–water partition coefficient (Wildman–Crippen LogP) is 3.05. The van der Waals surface area contributed by atoms with Crippen LogP contribution in [0, 0.1) is 0 Å². The van der Waals surface area contributed by atoms with Crippen LogP contribution in [0.1, 0.15) is 45.4 Å². The Balaban J connectivity index is 4.40. The van der Waals surface area contributed by atoms with Crippen LogP contribution in [0.4, 0.5) is 0 Å². The lowest BCUT2D eigenvalue weighted by atomic mass is 9.98. The topological polar surface area (TPSA) is 74.6 Å². The van der Waals surface area contributed by atoms with Crippen LogP contribution in [0.3, 0.4) is 0 Å². The second kappa shape index (κ2) is 9.05. The smallest absolute Gasteiger partial charge is 0.307 e. The molecule has 0 bridgehead atoms. The van der Waals surface area contributed by atoms with Crippen molar-refractivity contribution in [2.24, 2.45) is 0 Å². The monoisotopic (exact) mass is 262 g/mol. The Morgan fingerprint density at radius 2 is 1.59 bits per heavy atom. The maximum absolute atomic E-state index is 10.7. The number of hydrogen-bond acceptors (Lipinski definition) is 2. The summed E-state index contributed by atoms with van der Waals surface area (Å²) in [6.45, 7) is 1.69. The number of aliphatic carboxylic acids is 2. The molecule has 0 aliphatic rings. The molecule has 0 unspecified atom stereocenters. The SMILES string of the molecule is C/C(CC(=O)O)=C(\CCCCCCl)CC(=O)O. The van der Waals surface area contributed by atoms with Gasteiger partial charge in [0.15, 0.2) is 0 Å². The lowest BCUT2D eigenvalue weighted by Crippen LogP contribution is -2.03. The highest BCUT2D eigenvalue weighted by molar-refractivity contribution is 6.17. The summed E-state index contributed by atoms with van der Waals surface area (Å²) >= 11 is 5.55. The van der Waals surface area contributed by atoms with E-state index in [0.717, 1.165) is 24.8 Å². The van der Waals surface area contributed by atoms with E-state index in [9.17, 15) is 9.59 Å². The second-order valence-electron chi connectivity index (χ2n) is 4.02. The van der Waals surface area contributed by atoms with Gasteiger partial charge in [-0.15, -0.1) is 11.6 Å². The molecule has 0 aliphatic heterocycles. The molecule has 0 aromatic heterocycles. The lowest BCUT2D eigenvalue weighted by Gasteiger charge is -2.09. The van der Waals surface area contributed by atoms with E-state index in [2.05, 4.69) is 0 Å². The van der Waals surface area contributed by atoms with E-state index in [1.807, 2.05) is 0 Å². The van der Waals surface area contributed by atoms with Crippen molar-refractivity contribution in [1.29, 1.82) is 0 Å². The van der Waals surface area contributed by atoms with Crippen LogP contribution in [0.5, 0.6) is 0 Å². The van der Waals surface area contributed by atoms with Gasteiger partial charge in [0.2, 0.25) is 0 Å².